The van der Waals surface area contributed by atoms with E-state index in [4.69, 9.17) is 22.6 Å². The molecule has 0 saturated carbocycles. The van der Waals surface area contributed by atoms with E-state index in [0.717, 1.165) is 6.42 Å². The Kier molecular flexibility index (Phi) is 17.4. The van der Waals surface area contributed by atoms with E-state index in [1.807, 2.05) is 0 Å². The van der Waals surface area contributed by atoms with Gasteiger partial charge in [-0.2, -0.15) is 0 Å². The minimum absolute atomic E-state index is 0. The van der Waals surface area contributed by atoms with E-state index >= 15 is 0 Å². The zero-order chi connectivity index (χ0) is 11.6. The second kappa shape index (κ2) is 12.5. The van der Waals surface area contributed by atoms with Crippen LogP contribution in [0.2, 0.25) is 0 Å². The Labute approximate surface area is 105 Å². The molecule has 1 atom stereocenters. The third kappa shape index (κ3) is 31.4. The first-order chi connectivity index (χ1) is 6.35. The molecule has 7 heteroatoms. The molecule has 0 aromatic rings. The van der Waals surface area contributed by atoms with Crippen LogP contribution >= 0.6 is 0 Å². The minimum atomic E-state index is -5.17. The van der Waals surface area contributed by atoms with E-state index in [2.05, 4.69) is 13.8 Å². The standard InChI is InChI=1S/C8H18O.H2O4S.Zn/c1-3-5-6-8(4-2)7-9;1-5(2,3)4;/h8-9H,3-7H2,1-2H3;(H2,1,2,3,4);/q;;+2/p-2. The average Bonchev–Trinajstić information content (AvgIpc) is 2.04. The van der Waals surface area contributed by atoms with Crippen molar-refractivity contribution in [1.29, 1.82) is 0 Å². The van der Waals surface area contributed by atoms with Crippen molar-refractivity contribution in [3.63, 3.8) is 0 Å². The predicted octanol–water partition coefficient (Wildman–Crippen LogP) is 0.855. The third-order valence-corrected chi connectivity index (χ3v) is 1.80. The summed E-state index contributed by atoms with van der Waals surface area (Å²) in [6.07, 6.45) is 4.83. The van der Waals surface area contributed by atoms with Crippen LogP contribution in [0.1, 0.15) is 39.5 Å². The molecule has 0 heterocycles. The van der Waals surface area contributed by atoms with Crippen molar-refractivity contribution in [3.8, 4) is 0 Å². The van der Waals surface area contributed by atoms with Gasteiger partial charge in [-0.3, -0.25) is 8.42 Å². The topological polar surface area (TPSA) is 100 Å². The Morgan fingerprint density at radius 1 is 1.27 bits per heavy atom. The number of rotatable bonds is 5. The Morgan fingerprint density at radius 2 is 1.67 bits per heavy atom. The maximum absolute atomic E-state index is 8.75. The van der Waals surface area contributed by atoms with E-state index in [-0.39, 0.29) is 19.5 Å². The molecule has 0 rings (SSSR count). The van der Waals surface area contributed by atoms with E-state index in [1.165, 1.54) is 19.3 Å². The molecule has 0 aromatic heterocycles. The Hall–Kier alpha value is 0.453. The van der Waals surface area contributed by atoms with Gasteiger partial charge in [0, 0.05) is 17.0 Å². The van der Waals surface area contributed by atoms with Gasteiger partial charge in [-0.15, -0.1) is 0 Å². The first kappa shape index (κ1) is 20.8. The molecule has 0 spiro atoms. The van der Waals surface area contributed by atoms with Crippen molar-refractivity contribution in [2.24, 2.45) is 5.92 Å². The summed E-state index contributed by atoms with van der Waals surface area (Å²) in [5.41, 5.74) is 0. The SMILES string of the molecule is CCCCC(CC)CO.O=S(=O)([O-])[O-].[Zn+2]. The molecular formula is C8H18O5SZn. The number of hydrogen-bond donors (Lipinski definition) is 1. The van der Waals surface area contributed by atoms with Gasteiger partial charge in [0.25, 0.3) is 0 Å². The average molecular weight is 292 g/mol. The quantitative estimate of drug-likeness (QED) is 0.460. The van der Waals surface area contributed by atoms with Gasteiger partial charge in [-0.05, 0) is 12.3 Å². The van der Waals surface area contributed by atoms with Gasteiger partial charge in [-0.1, -0.05) is 33.1 Å². The summed E-state index contributed by atoms with van der Waals surface area (Å²) in [5.74, 6) is 0.560. The number of hydrogen-bond acceptors (Lipinski definition) is 5. The molecule has 1 unspecified atom stereocenters. The Bertz CT molecular complexity index is 193. The fourth-order valence-electron chi connectivity index (χ4n) is 0.917. The number of aliphatic hydroxyl groups is 1. The van der Waals surface area contributed by atoms with Crippen molar-refractivity contribution in [1.82, 2.24) is 0 Å². The minimum Gasteiger partial charge on any atom is -0.759 e. The maximum atomic E-state index is 8.75. The molecule has 0 amide bonds. The van der Waals surface area contributed by atoms with Gasteiger partial charge in [-0.25, -0.2) is 0 Å². The van der Waals surface area contributed by atoms with Crippen LogP contribution in [-0.4, -0.2) is 29.2 Å². The van der Waals surface area contributed by atoms with E-state index in [0.29, 0.717) is 12.5 Å². The van der Waals surface area contributed by atoms with Gasteiger partial charge >= 0.3 is 19.5 Å². The molecule has 0 radical (unpaired) electrons. The van der Waals surface area contributed by atoms with Crippen LogP contribution in [0, 0.1) is 5.92 Å². The molecule has 88 valence electrons. The summed E-state index contributed by atoms with van der Waals surface area (Å²) in [6.45, 7) is 4.69. The number of unbranched alkanes of at least 4 members (excludes halogenated alkanes) is 1. The summed E-state index contributed by atoms with van der Waals surface area (Å²) in [5, 5.41) is 8.75. The third-order valence-electron chi connectivity index (χ3n) is 1.80. The first-order valence-corrected chi connectivity index (χ1v) is 5.96. The van der Waals surface area contributed by atoms with Crippen molar-refractivity contribution in [3.05, 3.63) is 0 Å². The molecule has 0 aliphatic rings. The van der Waals surface area contributed by atoms with Crippen molar-refractivity contribution >= 4 is 10.4 Å². The molecule has 0 fully saturated rings. The van der Waals surface area contributed by atoms with Crippen molar-refractivity contribution < 1.29 is 42.1 Å². The molecule has 5 nitrogen and oxygen atoms in total. The molecule has 1 N–H and O–H groups in total. The van der Waals surface area contributed by atoms with Crippen LogP contribution in [0.3, 0.4) is 0 Å². The Morgan fingerprint density at radius 3 is 1.87 bits per heavy atom. The second-order valence-corrected chi connectivity index (χ2v) is 3.82. The van der Waals surface area contributed by atoms with E-state index in [1.54, 1.807) is 0 Å². The molecule has 0 aromatic carbocycles. The van der Waals surface area contributed by atoms with Gasteiger partial charge in [0.15, 0.2) is 0 Å². The van der Waals surface area contributed by atoms with Crippen LogP contribution in [-0.2, 0) is 29.9 Å². The summed E-state index contributed by atoms with van der Waals surface area (Å²) in [7, 11) is -5.17. The summed E-state index contributed by atoms with van der Waals surface area (Å²) in [6, 6.07) is 0. The second-order valence-electron chi connectivity index (χ2n) is 3.01. The summed E-state index contributed by atoms with van der Waals surface area (Å²) in [4.78, 5) is 0. The summed E-state index contributed by atoms with van der Waals surface area (Å²) < 4.78 is 34.1. The maximum Gasteiger partial charge on any atom is 2.00 e. The Balaban J connectivity index is -0.000000208. The summed E-state index contributed by atoms with van der Waals surface area (Å²) >= 11 is 0. The van der Waals surface area contributed by atoms with Crippen LogP contribution in [0.25, 0.3) is 0 Å². The monoisotopic (exact) mass is 290 g/mol. The normalized spacial score (nSPS) is 12.1. The molecule has 0 aliphatic carbocycles. The van der Waals surface area contributed by atoms with Gasteiger partial charge < -0.3 is 14.2 Å². The largest absolute Gasteiger partial charge is 2.00 e. The first-order valence-electron chi connectivity index (χ1n) is 4.62. The van der Waals surface area contributed by atoms with Gasteiger partial charge in [0.05, 0.1) is 0 Å². The fraction of sp³-hybridized carbons (Fsp3) is 1.00. The van der Waals surface area contributed by atoms with Crippen LogP contribution < -0.4 is 0 Å². The molecule has 0 saturated heterocycles. The van der Waals surface area contributed by atoms with Crippen molar-refractivity contribution in [2.45, 2.75) is 39.5 Å². The van der Waals surface area contributed by atoms with E-state index in [9.17, 15) is 0 Å². The zero-order valence-corrected chi connectivity index (χ0v) is 13.1. The van der Waals surface area contributed by atoms with Gasteiger partial charge in [0.1, 0.15) is 0 Å². The van der Waals surface area contributed by atoms with Crippen LogP contribution in [0.15, 0.2) is 0 Å². The van der Waals surface area contributed by atoms with Crippen LogP contribution in [0.4, 0.5) is 0 Å². The number of aliphatic hydroxyl groups excluding tert-OH is 1. The fourth-order valence-corrected chi connectivity index (χ4v) is 0.917. The van der Waals surface area contributed by atoms with Crippen molar-refractivity contribution in [2.75, 3.05) is 6.61 Å². The van der Waals surface area contributed by atoms with Crippen LogP contribution in [0.5, 0.6) is 0 Å². The molecule has 0 bridgehead atoms. The molecule has 0 aliphatic heterocycles. The smallest absolute Gasteiger partial charge is 0.759 e. The van der Waals surface area contributed by atoms with E-state index < -0.39 is 10.4 Å². The molecule has 15 heavy (non-hydrogen) atoms. The van der Waals surface area contributed by atoms with Gasteiger partial charge in [0.2, 0.25) is 0 Å². The zero-order valence-electron chi connectivity index (χ0n) is 9.31. The molecular weight excluding hydrogens is 274 g/mol. The predicted molar refractivity (Wildman–Crippen MR) is 50.9 cm³/mol.